The lowest BCUT2D eigenvalue weighted by atomic mass is 9.91. The molecule has 1 amide bonds. The fourth-order valence-electron chi connectivity index (χ4n) is 2.74. The summed E-state index contributed by atoms with van der Waals surface area (Å²) < 4.78 is 3.95. The Morgan fingerprint density at radius 3 is 2.26 bits per heavy atom. The molecular formula is C21H24N4OS. The molecule has 1 unspecified atom stereocenters. The van der Waals surface area contributed by atoms with Gasteiger partial charge >= 0.3 is 0 Å². The Morgan fingerprint density at radius 1 is 1.00 bits per heavy atom. The second-order valence-electron chi connectivity index (χ2n) is 7.51. The molecule has 3 rings (SSSR count). The number of carbonyl (C=O) groups excluding carboxylic acids is 1. The number of hydrogen-bond acceptors (Lipinski definition) is 5. The van der Waals surface area contributed by atoms with E-state index in [1.54, 1.807) is 0 Å². The van der Waals surface area contributed by atoms with Crippen molar-refractivity contribution in [3.8, 4) is 0 Å². The third kappa shape index (κ3) is 4.71. The van der Waals surface area contributed by atoms with Gasteiger partial charge in [-0.05, 0) is 48.3 Å². The summed E-state index contributed by atoms with van der Waals surface area (Å²) in [4.78, 5) is 13.2. The van der Waals surface area contributed by atoms with Crippen molar-refractivity contribution in [1.82, 2.24) is 9.59 Å². The minimum atomic E-state index is -0.221. The lowest BCUT2D eigenvalue weighted by Gasteiger charge is -2.17. The molecule has 1 heterocycles. The fourth-order valence-corrected chi connectivity index (χ4v) is 3.51. The summed E-state index contributed by atoms with van der Waals surface area (Å²) in [5.41, 5.74) is 3.47. The van der Waals surface area contributed by atoms with E-state index in [2.05, 4.69) is 39.3 Å². The standard InChI is InChI=1S/C21H24N4OS/c1-14(15-8-6-5-7-9-15)22-16-10-12-17(13-11-16)23-20(26)18-19(21(2,3)4)24-25-27-18/h5-14,22H,1-4H3,(H,23,26). The van der Waals surface area contributed by atoms with Gasteiger partial charge in [0.25, 0.3) is 5.91 Å². The fraction of sp³-hybridized carbons (Fsp3) is 0.286. The van der Waals surface area contributed by atoms with Gasteiger partial charge in [-0.1, -0.05) is 55.6 Å². The molecule has 0 radical (unpaired) electrons. The molecule has 1 atom stereocenters. The summed E-state index contributed by atoms with van der Waals surface area (Å²) in [6.07, 6.45) is 0. The van der Waals surface area contributed by atoms with Crippen LogP contribution in [0.25, 0.3) is 0 Å². The van der Waals surface area contributed by atoms with Gasteiger partial charge in [-0.2, -0.15) is 0 Å². The molecule has 2 aromatic carbocycles. The smallest absolute Gasteiger partial charge is 0.269 e. The van der Waals surface area contributed by atoms with Gasteiger partial charge in [-0.25, -0.2) is 0 Å². The zero-order valence-electron chi connectivity index (χ0n) is 16.0. The van der Waals surface area contributed by atoms with Crippen LogP contribution in [0.3, 0.4) is 0 Å². The van der Waals surface area contributed by atoms with E-state index in [0.717, 1.165) is 28.6 Å². The Morgan fingerprint density at radius 2 is 1.63 bits per heavy atom. The molecule has 0 bridgehead atoms. The largest absolute Gasteiger partial charge is 0.379 e. The van der Waals surface area contributed by atoms with E-state index >= 15 is 0 Å². The summed E-state index contributed by atoms with van der Waals surface area (Å²) in [6.45, 7) is 8.19. The van der Waals surface area contributed by atoms with E-state index < -0.39 is 0 Å². The molecule has 0 spiro atoms. The number of nitrogens with zero attached hydrogens (tertiary/aromatic N) is 2. The van der Waals surface area contributed by atoms with E-state index in [9.17, 15) is 4.79 Å². The Balaban J connectivity index is 1.66. The lowest BCUT2D eigenvalue weighted by molar-refractivity contribution is 0.102. The first-order chi connectivity index (χ1) is 12.8. The summed E-state index contributed by atoms with van der Waals surface area (Å²) in [5.74, 6) is -0.173. The molecular weight excluding hydrogens is 356 g/mol. The highest BCUT2D eigenvalue weighted by atomic mass is 32.1. The van der Waals surface area contributed by atoms with Crippen LogP contribution in [0.5, 0.6) is 0 Å². The van der Waals surface area contributed by atoms with Crippen molar-refractivity contribution < 1.29 is 4.79 Å². The first kappa shape index (κ1) is 19.0. The van der Waals surface area contributed by atoms with Crippen LogP contribution in [-0.4, -0.2) is 15.5 Å². The van der Waals surface area contributed by atoms with Gasteiger partial charge < -0.3 is 10.6 Å². The Bertz CT molecular complexity index is 898. The monoisotopic (exact) mass is 380 g/mol. The van der Waals surface area contributed by atoms with E-state index in [-0.39, 0.29) is 17.4 Å². The lowest BCUT2D eigenvalue weighted by Crippen LogP contribution is -2.19. The normalized spacial score (nSPS) is 12.4. The number of benzene rings is 2. The zero-order valence-corrected chi connectivity index (χ0v) is 16.8. The molecule has 0 fully saturated rings. The number of amides is 1. The minimum absolute atomic E-state index is 0.173. The molecule has 27 heavy (non-hydrogen) atoms. The topological polar surface area (TPSA) is 66.9 Å². The zero-order chi connectivity index (χ0) is 19.4. The number of carbonyl (C=O) groups is 1. The van der Waals surface area contributed by atoms with Crippen molar-refractivity contribution in [1.29, 1.82) is 0 Å². The van der Waals surface area contributed by atoms with Crippen molar-refractivity contribution in [2.75, 3.05) is 10.6 Å². The molecule has 0 aliphatic rings. The molecule has 0 aliphatic heterocycles. The van der Waals surface area contributed by atoms with E-state index in [1.807, 2.05) is 63.2 Å². The maximum atomic E-state index is 12.6. The molecule has 1 aromatic heterocycles. The van der Waals surface area contributed by atoms with Crippen molar-refractivity contribution in [2.45, 2.75) is 39.2 Å². The van der Waals surface area contributed by atoms with Crippen LogP contribution >= 0.6 is 11.5 Å². The van der Waals surface area contributed by atoms with Gasteiger partial charge in [0.05, 0.1) is 5.69 Å². The summed E-state index contributed by atoms with van der Waals surface area (Å²) in [6, 6.07) is 18.2. The van der Waals surface area contributed by atoms with Crippen LogP contribution in [0.4, 0.5) is 11.4 Å². The Kier molecular flexibility index (Phi) is 5.56. The van der Waals surface area contributed by atoms with Crippen molar-refractivity contribution in [3.63, 3.8) is 0 Å². The SMILES string of the molecule is CC(Nc1ccc(NC(=O)c2snnc2C(C)(C)C)cc1)c1ccccc1. The van der Waals surface area contributed by atoms with E-state index in [4.69, 9.17) is 0 Å². The van der Waals surface area contributed by atoms with Gasteiger partial charge in [-0.3, -0.25) is 4.79 Å². The van der Waals surface area contributed by atoms with Crippen molar-refractivity contribution in [3.05, 3.63) is 70.7 Å². The molecule has 5 nitrogen and oxygen atoms in total. The van der Waals surface area contributed by atoms with E-state index in [1.165, 1.54) is 5.56 Å². The van der Waals surface area contributed by atoms with Crippen LogP contribution in [0, 0.1) is 0 Å². The molecule has 0 aliphatic carbocycles. The molecule has 0 saturated heterocycles. The molecule has 140 valence electrons. The van der Waals surface area contributed by atoms with Crippen LogP contribution in [0.1, 0.15) is 54.7 Å². The Hall–Kier alpha value is -2.73. The summed E-state index contributed by atoms with van der Waals surface area (Å²) in [5, 5.41) is 10.5. The van der Waals surface area contributed by atoms with E-state index in [0.29, 0.717) is 4.88 Å². The van der Waals surface area contributed by atoms with Gasteiger partial charge in [0.1, 0.15) is 4.88 Å². The number of anilines is 2. The van der Waals surface area contributed by atoms with Crippen molar-refractivity contribution >= 4 is 28.8 Å². The molecule has 2 N–H and O–H groups in total. The number of aromatic nitrogens is 2. The maximum absolute atomic E-state index is 12.6. The first-order valence-corrected chi connectivity index (χ1v) is 9.67. The number of hydrogen-bond donors (Lipinski definition) is 2. The average molecular weight is 381 g/mol. The molecule has 3 aromatic rings. The van der Waals surface area contributed by atoms with Gasteiger partial charge in [0.15, 0.2) is 0 Å². The maximum Gasteiger partial charge on any atom is 0.269 e. The second-order valence-corrected chi connectivity index (χ2v) is 8.26. The highest BCUT2D eigenvalue weighted by molar-refractivity contribution is 7.08. The van der Waals surface area contributed by atoms with Crippen molar-refractivity contribution in [2.24, 2.45) is 0 Å². The summed E-state index contributed by atoms with van der Waals surface area (Å²) in [7, 11) is 0. The average Bonchev–Trinajstić information content (AvgIpc) is 3.14. The van der Waals surface area contributed by atoms with Crippen LogP contribution in [0.15, 0.2) is 54.6 Å². The quantitative estimate of drug-likeness (QED) is 0.633. The summed E-state index contributed by atoms with van der Waals surface area (Å²) >= 11 is 1.13. The van der Waals surface area contributed by atoms with Crippen LogP contribution in [0.2, 0.25) is 0 Å². The highest BCUT2D eigenvalue weighted by Crippen LogP contribution is 2.27. The first-order valence-electron chi connectivity index (χ1n) is 8.90. The predicted octanol–water partition coefficient (Wildman–Crippen LogP) is 5.26. The second kappa shape index (κ2) is 7.88. The highest BCUT2D eigenvalue weighted by Gasteiger charge is 2.26. The van der Waals surface area contributed by atoms with Crippen LogP contribution in [-0.2, 0) is 5.41 Å². The minimum Gasteiger partial charge on any atom is -0.379 e. The Labute approximate surface area is 164 Å². The number of rotatable bonds is 5. The third-order valence-corrected chi connectivity index (χ3v) is 4.95. The molecule has 6 heteroatoms. The van der Waals surface area contributed by atoms with Crippen LogP contribution < -0.4 is 10.6 Å². The third-order valence-electron chi connectivity index (χ3n) is 4.23. The van der Waals surface area contributed by atoms with Gasteiger partial charge in [-0.15, -0.1) is 5.10 Å². The molecule has 0 saturated carbocycles. The van der Waals surface area contributed by atoms with Gasteiger partial charge in [0.2, 0.25) is 0 Å². The van der Waals surface area contributed by atoms with Gasteiger partial charge in [0, 0.05) is 22.8 Å². The number of nitrogens with one attached hydrogen (secondary N) is 2. The predicted molar refractivity (Wildman–Crippen MR) is 111 cm³/mol.